The Hall–Kier alpha value is -1.49. The maximum Gasteiger partial charge on any atom is 0.410 e. The topological polar surface area (TPSA) is 54.7 Å². The number of nitrogens with zero attached hydrogens (tertiary/aromatic N) is 1. The van der Waals surface area contributed by atoms with Crippen LogP contribution in [0.3, 0.4) is 0 Å². The molecule has 0 saturated carbocycles. The van der Waals surface area contributed by atoms with Gasteiger partial charge in [0, 0.05) is 19.1 Å². The molecule has 0 aliphatic carbocycles. The van der Waals surface area contributed by atoms with Crippen LogP contribution in [0.25, 0.3) is 0 Å². The first-order valence-corrected chi connectivity index (χ1v) is 8.12. The van der Waals surface area contributed by atoms with Gasteiger partial charge in [-0.25, -0.2) is 4.79 Å². The fourth-order valence-corrected chi connectivity index (χ4v) is 2.75. The lowest BCUT2D eigenvalue weighted by Gasteiger charge is -2.26. The third kappa shape index (κ3) is 5.05. The molecule has 1 aromatic heterocycles. The Kier molecular flexibility index (Phi) is 5.51. The maximum absolute atomic E-state index is 12.2. The van der Waals surface area contributed by atoms with E-state index in [1.54, 1.807) is 6.26 Å². The van der Waals surface area contributed by atoms with Gasteiger partial charge in [-0.1, -0.05) is 0 Å². The summed E-state index contributed by atoms with van der Waals surface area (Å²) >= 11 is 0. The van der Waals surface area contributed by atoms with E-state index in [4.69, 9.17) is 9.15 Å². The molecule has 2 heterocycles. The predicted octanol–water partition coefficient (Wildman–Crippen LogP) is 3.72. The second kappa shape index (κ2) is 7.18. The summed E-state index contributed by atoms with van der Waals surface area (Å²) in [5, 5.41) is 3.60. The lowest BCUT2D eigenvalue weighted by Crippen LogP contribution is -2.38. The molecule has 0 aromatic carbocycles. The van der Waals surface area contributed by atoms with Crippen molar-refractivity contribution in [1.82, 2.24) is 10.2 Å². The van der Waals surface area contributed by atoms with Crippen LogP contribution in [0.2, 0.25) is 0 Å². The molecule has 1 aliphatic rings. The summed E-state index contributed by atoms with van der Waals surface area (Å²) in [5.74, 6) is 0.952. The Morgan fingerprint density at radius 1 is 1.41 bits per heavy atom. The van der Waals surface area contributed by atoms with E-state index in [1.165, 1.54) is 0 Å². The zero-order chi connectivity index (χ0) is 16.2. The first-order valence-electron chi connectivity index (χ1n) is 8.12. The maximum atomic E-state index is 12.2. The second-order valence-electron chi connectivity index (χ2n) is 7.00. The van der Waals surface area contributed by atoms with Crippen LogP contribution in [-0.2, 0) is 4.74 Å². The van der Waals surface area contributed by atoms with Gasteiger partial charge in [-0.15, -0.1) is 0 Å². The minimum absolute atomic E-state index is 0.188. The summed E-state index contributed by atoms with van der Waals surface area (Å²) in [6.45, 7) is 9.31. The lowest BCUT2D eigenvalue weighted by molar-refractivity contribution is 0.0256. The minimum Gasteiger partial charge on any atom is -0.468 e. The summed E-state index contributed by atoms with van der Waals surface area (Å²) in [6.07, 6.45) is 4.48. The van der Waals surface area contributed by atoms with E-state index >= 15 is 0 Å². The molecule has 1 aliphatic heterocycles. The van der Waals surface area contributed by atoms with Crippen molar-refractivity contribution >= 4 is 6.09 Å². The van der Waals surface area contributed by atoms with Gasteiger partial charge in [0.1, 0.15) is 11.4 Å². The smallest absolute Gasteiger partial charge is 0.410 e. The van der Waals surface area contributed by atoms with E-state index in [0.29, 0.717) is 6.04 Å². The standard InChI is InChI=1S/C17H28N2O3/c1-13(15-8-6-12-21-15)18-14-7-5-10-19(11-9-14)16(20)22-17(2,3)4/h6,8,12-14,18H,5,7,9-11H2,1-4H3/t13-,14?/m1/s1. The van der Waals surface area contributed by atoms with E-state index < -0.39 is 5.60 Å². The van der Waals surface area contributed by atoms with E-state index in [9.17, 15) is 4.79 Å². The Bertz CT molecular complexity index is 465. The summed E-state index contributed by atoms with van der Waals surface area (Å²) in [7, 11) is 0. The van der Waals surface area contributed by atoms with Gasteiger partial charge in [0.2, 0.25) is 0 Å². The van der Waals surface area contributed by atoms with Crippen molar-refractivity contribution in [3.05, 3.63) is 24.2 Å². The molecule has 0 spiro atoms. The van der Waals surface area contributed by atoms with Gasteiger partial charge in [-0.05, 0) is 59.1 Å². The summed E-state index contributed by atoms with van der Waals surface area (Å²) in [6, 6.07) is 4.48. The van der Waals surface area contributed by atoms with Gasteiger partial charge in [0.15, 0.2) is 0 Å². The largest absolute Gasteiger partial charge is 0.468 e. The van der Waals surface area contributed by atoms with Gasteiger partial charge in [-0.2, -0.15) is 0 Å². The SMILES string of the molecule is C[C@@H](NC1CCCN(C(=O)OC(C)(C)C)CC1)c1ccco1. The second-order valence-corrected chi connectivity index (χ2v) is 7.00. The fraction of sp³-hybridized carbons (Fsp3) is 0.706. The molecule has 5 nitrogen and oxygen atoms in total. The molecule has 2 rings (SSSR count). The number of nitrogens with one attached hydrogen (secondary N) is 1. The molecular weight excluding hydrogens is 280 g/mol. The average Bonchev–Trinajstić information content (AvgIpc) is 2.84. The van der Waals surface area contributed by atoms with Crippen LogP contribution >= 0.6 is 0 Å². The number of carbonyl (C=O) groups excluding carboxylic acids is 1. The van der Waals surface area contributed by atoms with E-state index in [2.05, 4.69) is 12.2 Å². The molecule has 124 valence electrons. The number of hydrogen-bond donors (Lipinski definition) is 1. The highest BCUT2D eigenvalue weighted by atomic mass is 16.6. The minimum atomic E-state index is -0.436. The number of hydrogen-bond acceptors (Lipinski definition) is 4. The fourth-order valence-electron chi connectivity index (χ4n) is 2.75. The molecular formula is C17H28N2O3. The number of likely N-dealkylation sites (tertiary alicyclic amines) is 1. The first-order chi connectivity index (χ1) is 10.3. The van der Waals surface area contributed by atoms with Gasteiger partial charge < -0.3 is 19.4 Å². The molecule has 0 bridgehead atoms. The Labute approximate surface area is 133 Å². The van der Waals surface area contributed by atoms with Crippen molar-refractivity contribution in [1.29, 1.82) is 0 Å². The van der Waals surface area contributed by atoms with Crippen LogP contribution in [0.1, 0.15) is 58.8 Å². The molecule has 1 amide bonds. The van der Waals surface area contributed by atoms with Crippen LogP contribution in [-0.4, -0.2) is 35.7 Å². The molecule has 22 heavy (non-hydrogen) atoms. The van der Waals surface area contributed by atoms with Crippen molar-refractivity contribution in [3.8, 4) is 0 Å². The molecule has 2 atom stereocenters. The lowest BCUT2D eigenvalue weighted by atomic mass is 10.1. The zero-order valence-electron chi connectivity index (χ0n) is 14.1. The van der Waals surface area contributed by atoms with Gasteiger partial charge in [-0.3, -0.25) is 0 Å². The molecule has 0 radical (unpaired) electrons. The van der Waals surface area contributed by atoms with E-state index in [1.807, 2.05) is 37.8 Å². The molecule has 1 aromatic rings. The number of furan rings is 1. The number of carbonyl (C=O) groups is 1. The third-order valence-corrected chi connectivity index (χ3v) is 3.84. The van der Waals surface area contributed by atoms with Crippen LogP contribution in [0.15, 0.2) is 22.8 Å². The monoisotopic (exact) mass is 308 g/mol. The van der Waals surface area contributed by atoms with E-state index in [0.717, 1.165) is 38.1 Å². The highest BCUT2D eigenvalue weighted by Crippen LogP contribution is 2.19. The molecule has 1 fully saturated rings. The normalized spacial score (nSPS) is 21.3. The van der Waals surface area contributed by atoms with Crippen LogP contribution in [0, 0.1) is 0 Å². The van der Waals surface area contributed by atoms with Gasteiger partial charge in [0.05, 0.1) is 12.3 Å². The highest BCUT2D eigenvalue weighted by molar-refractivity contribution is 5.68. The first kappa shape index (κ1) is 16.9. The van der Waals surface area contributed by atoms with Crippen LogP contribution in [0.5, 0.6) is 0 Å². The van der Waals surface area contributed by atoms with Crippen molar-refractivity contribution in [2.24, 2.45) is 0 Å². The highest BCUT2D eigenvalue weighted by Gasteiger charge is 2.25. The molecule has 1 saturated heterocycles. The summed E-state index contributed by atoms with van der Waals surface area (Å²) in [4.78, 5) is 14.0. The zero-order valence-corrected chi connectivity index (χ0v) is 14.1. The summed E-state index contributed by atoms with van der Waals surface area (Å²) in [5.41, 5.74) is -0.436. The number of ether oxygens (including phenoxy) is 1. The van der Waals surface area contributed by atoms with Crippen LogP contribution in [0.4, 0.5) is 4.79 Å². The Morgan fingerprint density at radius 3 is 2.82 bits per heavy atom. The quantitative estimate of drug-likeness (QED) is 0.924. The number of rotatable bonds is 3. The van der Waals surface area contributed by atoms with E-state index in [-0.39, 0.29) is 12.1 Å². The predicted molar refractivity (Wildman–Crippen MR) is 85.7 cm³/mol. The Morgan fingerprint density at radius 2 is 2.18 bits per heavy atom. The average molecular weight is 308 g/mol. The van der Waals surface area contributed by atoms with Crippen molar-refractivity contribution in [3.63, 3.8) is 0 Å². The Balaban J connectivity index is 1.83. The summed E-state index contributed by atoms with van der Waals surface area (Å²) < 4.78 is 10.9. The van der Waals surface area contributed by atoms with Gasteiger partial charge in [0.25, 0.3) is 0 Å². The molecule has 5 heteroatoms. The number of amides is 1. The van der Waals surface area contributed by atoms with Crippen molar-refractivity contribution in [2.45, 2.75) is 64.6 Å². The van der Waals surface area contributed by atoms with Crippen molar-refractivity contribution in [2.75, 3.05) is 13.1 Å². The third-order valence-electron chi connectivity index (χ3n) is 3.84. The molecule has 1 N–H and O–H groups in total. The van der Waals surface area contributed by atoms with Gasteiger partial charge >= 0.3 is 6.09 Å². The van der Waals surface area contributed by atoms with Crippen LogP contribution < -0.4 is 5.32 Å². The molecule has 1 unspecified atom stereocenters. The van der Waals surface area contributed by atoms with Crippen molar-refractivity contribution < 1.29 is 13.9 Å².